The maximum Gasteiger partial charge on any atom is 0.304 e. The van der Waals surface area contributed by atoms with Gasteiger partial charge in [-0.3, -0.25) is 4.79 Å². The van der Waals surface area contributed by atoms with E-state index in [1.165, 1.54) is 0 Å². The van der Waals surface area contributed by atoms with Crippen LogP contribution in [0.15, 0.2) is 12.1 Å². The van der Waals surface area contributed by atoms with Crippen molar-refractivity contribution in [3.63, 3.8) is 0 Å². The Bertz CT molecular complexity index is 449. The van der Waals surface area contributed by atoms with Gasteiger partial charge in [0.05, 0.1) is 26.3 Å². The monoisotopic (exact) mass is 268 g/mol. The standard InChI is InChI=1S/C13H20N2O4/c1-8-4-10(18-2)6-11(19-3)13(8)15-7-9(14)5-12(16)17/h4,6,9,15H,5,7,14H2,1-3H3,(H,16,17). The normalized spacial score (nSPS) is 11.8. The van der Waals surface area contributed by atoms with Gasteiger partial charge in [0, 0.05) is 18.7 Å². The molecule has 0 aliphatic heterocycles. The number of nitrogens with one attached hydrogen (secondary N) is 1. The fourth-order valence-electron chi connectivity index (χ4n) is 1.76. The van der Waals surface area contributed by atoms with E-state index in [2.05, 4.69) is 5.32 Å². The third-order valence-corrected chi connectivity index (χ3v) is 2.71. The second-order valence-electron chi connectivity index (χ2n) is 4.26. The minimum atomic E-state index is -0.910. The summed E-state index contributed by atoms with van der Waals surface area (Å²) in [5.41, 5.74) is 7.45. The number of aliphatic carboxylic acids is 1. The minimum absolute atomic E-state index is 0.0789. The molecule has 6 heteroatoms. The second-order valence-corrected chi connectivity index (χ2v) is 4.26. The molecule has 6 nitrogen and oxygen atoms in total. The molecule has 0 amide bonds. The summed E-state index contributed by atoms with van der Waals surface area (Å²) in [5, 5.41) is 11.8. The fraction of sp³-hybridized carbons (Fsp3) is 0.462. The molecule has 0 aromatic heterocycles. The molecule has 0 radical (unpaired) electrons. The van der Waals surface area contributed by atoms with Crippen LogP contribution >= 0.6 is 0 Å². The van der Waals surface area contributed by atoms with Crippen LogP contribution in [0, 0.1) is 6.92 Å². The summed E-state index contributed by atoms with van der Waals surface area (Å²) in [6.07, 6.45) is -0.0789. The summed E-state index contributed by atoms with van der Waals surface area (Å²) in [6.45, 7) is 2.27. The lowest BCUT2D eigenvalue weighted by molar-refractivity contribution is -0.137. The molecule has 0 saturated carbocycles. The molecular formula is C13H20N2O4. The van der Waals surface area contributed by atoms with Gasteiger partial charge in [-0.2, -0.15) is 0 Å². The van der Waals surface area contributed by atoms with Gasteiger partial charge in [-0.1, -0.05) is 0 Å². The topological polar surface area (TPSA) is 93.8 Å². The van der Waals surface area contributed by atoms with Gasteiger partial charge >= 0.3 is 5.97 Å². The lowest BCUT2D eigenvalue weighted by Gasteiger charge is -2.17. The number of benzene rings is 1. The van der Waals surface area contributed by atoms with E-state index in [1.54, 1.807) is 20.3 Å². The molecule has 106 valence electrons. The molecule has 19 heavy (non-hydrogen) atoms. The van der Waals surface area contributed by atoms with E-state index in [1.807, 2.05) is 13.0 Å². The molecule has 1 rings (SSSR count). The Morgan fingerprint density at radius 2 is 2.11 bits per heavy atom. The zero-order chi connectivity index (χ0) is 14.4. The molecule has 1 atom stereocenters. The van der Waals surface area contributed by atoms with Crippen LogP contribution in [0.5, 0.6) is 11.5 Å². The number of carbonyl (C=O) groups is 1. The number of ether oxygens (including phenoxy) is 2. The van der Waals surface area contributed by atoms with Gasteiger partial charge < -0.3 is 25.6 Å². The summed E-state index contributed by atoms with van der Waals surface area (Å²) in [6, 6.07) is 3.18. The predicted molar refractivity (Wildman–Crippen MR) is 73.0 cm³/mol. The maximum absolute atomic E-state index is 10.5. The van der Waals surface area contributed by atoms with E-state index in [9.17, 15) is 4.79 Å². The third kappa shape index (κ3) is 4.33. The molecule has 0 bridgehead atoms. The Labute approximate surface area is 112 Å². The molecule has 4 N–H and O–H groups in total. The van der Waals surface area contributed by atoms with Crippen molar-refractivity contribution in [3.05, 3.63) is 17.7 Å². The Hall–Kier alpha value is -1.95. The molecular weight excluding hydrogens is 248 g/mol. The lowest BCUT2D eigenvalue weighted by atomic mass is 10.1. The number of anilines is 1. The van der Waals surface area contributed by atoms with Crippen molar-refractivity contribution in [3.8, 4) is 11.5 Å². The van der Waals surface area contributed by atoms with Gasteiger partial charge in [0.15, 0.2) is 0 Å². The number of hydrogen-bond acceptors (Lipinski definition) is 5. The van der Waals surface area contributed by atoms with Gasteiger partial charge in [-0.25, -0.2) is 0 Å². The van der Waals surface area contributed by atoms with Crippen LogP contribution in [0.1, 0.15) is 12.0 Å². The number of rotatable bonds is 7. The number of hydrogen-bond donors (Lipinski definition) is 3. The molecule has 1 aromatic carbocycles. The average Bonchev–Trinajstić information content (AvgIpc) is 2.35. The van der Waals surface area contributed by atoms with Crippen molar-refractivity contribution in [2.24, 2.45) is 5.73 Å². The van der Waals surface area contributed by atoms with Crippen molar-refractivity contribution < 1.29 is 19.4 Å². The maximum atomic E-state index is 10.5. The number of methoxy groups -OCH3 is 2. The largest absolute Gasteiger partial charge is 0.497 e. The zero-order valence-corrected chi connectivity index (χ0v) is 11.4. The van der Waals surface area contributed by atoms with E-state index in [-0.39, 0.29) is 6.42 Å². The molecule has 0 saturated heterocycles. The van der Waals surface area contributed by atoms with Gasteiger partial charge in [0.25, 0.3) is 0 Å². The number of aryl methyl sites for hydroxylation is 1. The predicted octanol–water partition coefficient (Wildman–Crippen LogP) is 1.23. The van der Waals surface area contributed by atoms with E-state index in [0.717, 1.165) is 11.3 Å². The van der Waals surface area contributed by atoms with Crippen LogP contribution in [0.2, 0.25) is 0 Å². The summed E-state index contributed by atoms with van der Waals surface area (Å²) >= 11 is 0. The highest BCUT2D eigenvalue weighted by Gasteiger charge is 2.12. The fourth-order valence-corrected chi connectivity index (χ4v) is 1.76. The Morgan fingerprint density at radius 3 is 2.63 bits per heavy atom. The molecule has 1 unspecified atom stereocenters. The van der Waals surface area contributed by atoms with Gasteiger partial charge in [-0.15, -0.1) is 0 Å². The van der Waals surface area contributed by atoms with E-state index in [4.69, 9.17) is 20.3 Å². The van der Waals surface area contributed by atoms with Crippen LogP contribution < -0.4 is 20.5 Å². The molecule has 0 heterocycles. The van der Waals surface area contributed by atoms with Crippen molar-refractivity contribution in [2.45, 2.75) is 19.4 Å². The summed E-state index contributed by atoms with van der Waals surface area (Å²) in [5.74, 6) is 0.432. The van der Waals surface area contributed by atoms with Crippen LogP contribution in [0.3, 0.4) is 0 Å². The molecule has 0 spiro atoms. The van der Waals surface area contributed by atoms with Gasteiger partial charge in [0.1, 0.15) is 11.5 Å². The Kier molecular flexibility index (Phi) is 5.44. The lowest BCUT2D eigenvalue weighted by Crippen LogP contribution is -2.31. The first-order valence-corrected chi connectivity index (χ1v) is 5.91. The van der Waals surface area contributed by atoms with E-state index in [0.29, 0.717) is 18.0 Å². The number of carboxylic acids is 1. The first kappa shape index (κ1) is 15.1. The highest BCUT2D eigenvalue weighted by Crippen LogP contribution is 2.32. The van der Waals surface area contributed by atoms with Crippen LogP contribution in [0.25, 0.3) is 0 Å². The average molecular weight is 268 g/mol. The van der Waals surface area contributed by atoms with Crippen LogP contribution in [-0.2, 0) is 4.79 Å². The molecule has 0 aliphatic rings. The zero-order valence-electron chi connectivity index (χ0n) is 11.4. The summed E-state index contributed by atoms with van der Waals surface area (Å²) in [7, 11) is 3.15. The minimum Gasteiger partial charge on any atom is -0.497 e. The Balaban J connectivity index is 2.80. The quantitative estimate of drug-likeness (QED) is 0.688. The molecule has 1 aromatic rings. The third-order valence-electron chi connectivity index (χ3n) is 2.71. The number of nitrogens with two attached hydrogens (primary N) is 1. The van der Waals surface area contributed by atoms with Gasteiger partial charge in [0.2, 0.25) is 0 Å². The molecule has 0 aliphatic carbocycles. The van der Waals surface area contributed by atoms with Gasteiger partial charge in [-0.05, 0) is 18.6 Å². The summed E-state index contributed by atoms with van der Waals surface area (Å²) in [4.78, 5) is 10.5. The van der Waals surface area contributed by atoms with Crippen molar-refractivity contribution in [2.75, 3.05) is 26.1 Å². The van der Waals surface area contributed by atoms with Crippen LogP contribution in [-0.4, -0.2) is 37.9 Å². The second kappa shape index (κ2) is 6.84. The summed E-state index contributed by atoms with van der Waals surface area (Å²) < 4.78 is 10.4. The van der Waals surface area contributed by atoms with Crippen molar-refractivity contribution in [1.82, 2.24) is 0 Å². The van der Waals surface area contributed by atoms with Crippen molar-refractivity contribution in [1.29, 1.82) is 0 Å². The highest BCUT2D eigenvalue weighted by molar-refractivity contribution is 5.68. The van der Waals surface area contributed by atoms with E-state index < -0.39 is 12.0 Å². The van der Waals surface area contributed by atoms with E-state index >= 15 is 0 Å². The smallest absolute Gasteiger partial charge is 0.304 e. The van der Waals surface area contributed by atoms with Crippen molar-refractivity contribution >= 4 is 11.7 Å². The SMILES string of the molecule is COc1cc(C)c(NCC(N)CC(=O)O)c(OC)c1. The van der Waals surface area contributed by atoms with Crippen LogP contribution in [0.4, 0.5) is 5.69 Å². The molecule has 0 fully saturated rings. The first-order chi connectivity index (χ1) is 8.97. The Morgan fingerprint density at radius 1 is 1.42 bits per heavy atom. The number of carboxylic acid groups (broad SMARTS) is 1. The first-order valence-electron chi connectivity index (χ1n) is 5.91. The highest BCUT2D eigenvalue weighted by atomic mass is 16.5.